The summed E-state index contributed by atoms with van der Waals surface area (Å²) in [5.74, 6) is 1.44. The summed E-state index contributed by atoms with van der Waals surface area (Å²) in [5, 5.41) is 3.12. The smallest absolute Gasteiger partial charge is 0.227 e. The molecular formula is C23H22N4O4S. The molecule has 2 aromatic heterocycles. The van der Waals surface area contributed by atoms with Crippen LogP contribution < -0.4 is 15.0 Å². The van der Waals surface area contributed by atoms with E-state index in [1.165, 1.54) is 12.3 Å². The average Bonchev–Trinajstić information content (AvgIpc) is 3.19. The lowest BCUT2D eigenvalue weighted by atomic mass is 9.94. The Labute approximate surface area is 186 Å². The Morgan fingerprint density at radius 1 is 1.12 bits per heavy atom. The number of ether oxygens (including phenoxy) is 1. The van der Waals surface area contributed by atoms with Gasteiger partial charge in [-0.3, -0.25) is 9.78 Å². The molecule has 0 radical (unpaired) electrons. The molecule has 2 aliphatic rings. The molecule has 1 aromatic carbocycles. The molecule has 1 atom stereocenters. The highest BCUT2D eigenvalue weighted by Gasteiger charge is 2.27. The zero-order valence-electron chi connectivity index (χ0n) is 17.7. The zero-order chi connectivity index (χ0) is 22.5. The van der Waals surface area contributed by atoms with Crippen molar-refractivity contribution in [3.05, 3.63) is 54.5 Å². The third kappa shape index (κ3) is 3.69. The van der Waals surface area contributed by atoms with Crippen LogP contribution in [-0.4, -0.2) is 37.1 Å². The predicted octanol–water partition coefficient (Wildman–Crippen LogP) is 3.87. The van der Waals surface area contributed by atoms with Gasteiger partial charge in [0, 0.05) is 60.1 Å². The minimum atomic E-state index is -3.35. The fourth-order valence-corrected chi connectivity index (χ4v) is 4.71. The zero-order valence-corrected chi connectivity index (χ0v) is 18.5. The van der Waals surface area contributed by atoms with Crippen LogP contribution >= 0.6 is 0 Å². The summed E-state index contributed by atoms with van der Waals surface area (Å²) in [6, 6.07) is 9.26. The van der Waals surface area contributed by atoms with E-state index in [2.05, 4.69) is 15.3 Å². The molecule has 32 heavy (non-hydrogen) atoms. The van der Waals surface area contributed by atoms with E-state index in [4.69, 9.17) is 4.74 Å². The lowest BCUT2D eigenvalue weighted by Gasteiger charge is -2.28. The molecule has 8 nitrogen and oxygen atoms in total. The summed E-state index contributed by atoms with van der Waals surface area (Å²) >= 11 is 0. The summed E-state index contributed by atoms with van der Waals surface area (Å²) in [4.78, 5) is 22.6. The van der Waals surface area contributed by atoms with Gasteiger partial charge < -0.3 is 15.0 Å². The van der Waals surface area contributed by atoms with E-state index < -0.39 is 9.84 Å². The van der Waals surface area contributed by atoms with E-state index in [1.807, 2.05) is 31.2 Å². The number of fused-ring (bicyclic) bond motifs is 3. The molecule has 0 spiro atoms. The molecule has 9 heteroatoms. The lowest BCUT2D eigenvalue weighted by Crippen LogP contribution is -2.24. The number of benzene rings is 1. The number of nitrogens with one attached hydrogen (secondary N) is 1. The molecule has 0 aliphatic carbocycles. The third-order valence-electron chi connectivity index (χ3n) is 5.73. The van der Waals surface area contributed by atoms with E-state index in [9.17, 15) is 13.2 Å². The van der Waals surface area contributed by atoms with Crippen LogP contribution in [-0.2, 0) is 14.6 Å². The van der Waals surface area contributed by atoms with Gasteiger partial charge in [0.15, 0.2) is 9.84 Å². The number of aromatic nitrogens is 2. The summed E-state index contributed by atoms with van der Waals surface area (Å²) in [6.07, 6.45) is 7.03. The van der Waals surface area contributed by atoms with Crippen LogP contribution in [0.25, 0.3) is 11.1 Å². The third-order valence-corrected chi connectivity index (χ3v) is 6.81. The minimum Gasteiger partial charge on any atom is -0.485 e. The molecular weight excluding hydrogens is 428 g/mol. The van der Waals surface area contributed by atoms with E-state index in [1.54, 1.807) is 17.3 Å². The van der Waals surface area contributed by atoms with Crippen LogP contribution in [0.15, 0.2) is 53.8 Å². The molecule has 1 amide bonds. The maximum absolute atomic E-state index is 12.1. The van der Waals surface area contributed by atoms with Crippen molar-refractivity contribution in [1.82, 2.24) is 9.97 Å². The Balaban J connectivity index is 1.46. The maximum atomic E-state index is 12.1. The van der Waals surface area contributed by atoms with Gasteiger partial charge in [-0.25, -0.2) is 13.4 Å². The first kappa shape index (κ1) is 20.4. The standard InChI is InChI=1S/C23H22N4O4S/c1-14-19-10-22(26-15-8-17(12-24-11-15)32(2,29)30)25-13-20(19)18-6-5-16(9-21(18)31-14)27-7-3-4-23(27)28/h5-6,8-14H,3-4,7H2,1-2H3,(H,25,26). The van der Waals surface area contributed by atoms with E-state index >= 15 is 0 Å². The number of nitrogens with zero attached hydrogens (tertiary/aromatic N) is 3. The van der Waals surface area contributed by atoms with Crippen molar-refractivity contribution in [3.8, 4) is 16.9 Å². The van der Waals surface area contributed by atoms with Gasteiger partial charge in [0.05, 0.1) is 16.8 Å². The van der Waals surface area contributed by atoms with E-state index in [-0.39, 0.29) is 16.9 Å². The molecule has 0 bridgehead atoms. The highest BCUT2D eigenvalue weighted by Crippen LogP contribution is 2.44. The molecule has 3 aromatic rings. The molecule has 5 rings (SSSR count). The van der Waals surface area contributed by atoms with Crippen LogP contribution in [0.4, 0.5) is 17.2 Å². The molecule has 2 aliphatic heterocycles. The Bertz CT molecular complexity index is 1340. The van der Waals surface area contributed by atoms with Crippen molar-refractivity contribution >= 4 is 32.9 Å². The Hall–Kier alpha value is -3.46. The van der Waals surface area contributed by atoms with E-state index in [0.717, 1.165) is 47.3 Å². The largest absolute Gasteiger partial charge is 0.485 e. The minimum absolute atomic E-state index is 0.137. The second-order valence-corrected chi connectivity index (χ2v) is 10.1. The van der Waals surface area contributed by atoms with Crippen LogP contribution in [0.3, 0.4) is 0 Å². The number of hydrogen-bond donors (Lipinski definition) is 1. The quantitative estimate of drug-likeness (QED) is 0.644. The predicted molar refractivity (Wildman–Crippen MR) is 121 cm³/mol. The normalized spacial score (nSPS) is 17.5. The average molecular weight is 451 g/mol. The summed E-state index contributed by atoms with van der Waals surface area (Å²) in [6.45, 7) is 2.70. The number of carbonyl (C=O) groups excluding carboxylic acids is 1. The SMILES string of the molecule is CC1Oc2cc(N3CCCC3=O)ccc2-c2cnc(Nc3cncc(S(C)(=O)=O)c3)cc21. The fraction of sp³-hybridized carbons (Fsp3) is 0.261. The molecule has 4 heterocycles. The van der Waals surface area contributed by atoms with Crippen molar-refractivity contribution in [1.29, 1.82) is 0 Å². The van der Waals surface area contributed by atoms with Gasteiger partial charge in [-0.2, -0.15) is 0 Å². The van der Waals surface area contributed by atoms with Gasteiger partial charge in [0.1, 0.15) is 17.7 Å². The van der Waals surface area contributed by atoms with Crippen LogP contribution in [0, 0.1) is 0 Å². The van der Waals surface area contributed by atoms with Gasteiger partial charge in [-0.05, 0) is 37.6 Å². The van der Waals surface area contributed by atoms with Crippen molar-refractivity contribution in [3.63, 3.8) is 0 Å². The second kappa shape index (κ2) is 7.59. The second-order valence-electron chi connectivity index (χ2n) is 8.05. The van der Waals surface area contributed by atoms with Gasteiger partial charge in [-0.15, -0.1) is 0 Å². The van der Waals surface area contributed by atoms with Gasteiger partial charge >= 0.3 is 0 Å². The van der Waals surface area contributed by atoms with Crippen molar-refractivity contribution < 1.29 is 17.9 Å². The van der Waals surface area contributed by atoms with Crippen LogP contribution in [0.2, 0.25) is 0 Å². The Morgan fingerprint density at radius 3 is 2.72 bits per heavy atom. The Kier molecular flexibility index (Phi) is 4.85. The summed E-state index contributed by atoms with van der Waals surface area (Å²) in [7, 11) is -3.35. The van der Waals surface area contributed by atoms with Crippen LogP contribution in [0.5, 0.6) is 5.75 Å². The highest BCUT2D eigenvalue weighted by molar-refractivity contribution is 7.90. The summed E-state index contributed by atoms with van der Waals surface area (Å²) in [5.41, 5.74) is 4.24. The molecule has 1 fully saturated rings. The number of pyridine rings is 2. The number of sulfone groups is 1. The fourth-order valence-electron chi connectivity index (χ4n) is 4.11. The topological polar surface area (TPSA) is 101 Å². The van der Waals surface area contributed by atoms with Crippen molar-refractivity contribution in [2.45, 2.75) is 30.8 Å². The van der Waals surface area contributed by atoms with Crippen LogP contribution in [0.1, 0.15) is 31.4 Å². The number of rotatable bonds is 4. The van der Waals surface area contributed by atoms with Gasteiger partial charge in [0.25, 0.3) is 0 Å². The molecule has 1 saturated heterocycles. The number of carbonyl (C=O) groups is 1. The molecule has 1 unspecified atom stereocenters. The lowest BCUT2D eigenvalue weighted by molar-refractivity contribution is -0.117. The summed E-state index contributed by atoms with van der Waals surface area (Å²) < 4.78 is 29.8. The van der Waals surface area contributed by atoms with Crippen molar-refractivity contribution in [2.75, 3.05) is 23.0 Å². The first-order chi connectivity index (χ1) is 15.3. The number of amides is 1. The van der Waals surface area contributed by atoms with Gasteiger partial charge in [-0.1, -0.05) is 0 Å². The van der Waals surface area contributed by atoms with E-state index in [0.29, 0.717) is 17.9 Å². The first-order valence-corrected chi connectivity index (χ1v) is 12.2. The maximum Gasteiger partial charge on any atom is 0.227 e. The highest BCUT2D eigenvalue weighted by atomic mass is 32.2. The molecule has 1 N–H and O–H groups in total. The number of anilines is 3. The number of hydrogen-bond acceptors (Lipinski definition) is 7. The molecule has 164 valence electrons. The molecule has 0 saturated carbocycles. The van der Waals surface area contributed by atoms with Gasteiger partial charge in [0.2, 0.25) is 5.91 Å². The first-order valence-electron chi connectivity index (χ1n) is 10.3. The monoisotopic (exact) mass is 450 g/mol. The Morgan fingerprint density at radius 2 is 1.97 bits per heavy atom. The van der Waals surface area contributed by atoms with Crippen molar-refractivity contribution in [2.24, 2.45) is 0 Å².